The number of carboxylic acids is 1. The van der Waals surface area contributed by atoms with Crippen molar-refractivity contribution in [1.82, 2.24) is 9.62 Å². The van der Waals surface area contributed by atoms with Crippen molar-refractivity contribution in [1.29, 1.82) is 0 Å². The van der Waals surface area contributed by atoms with Gasteiger partial charge < -0.3 is 15.2 Å². The van der Waals surface area contributed by atoms with Gasteiger partial charge in [0.1, 0.15) is 6.04 Å². The van der Waals surface area contributed by atoms with Crippen LogP contribution < -0.4 is 5.32 Å². The lowest BCUT2D eigenvalue weighted by molar-refractivity contribution is -0.141. The van der Waals surface area contributed by atoms with Crippen molar-refractivity contribution in [3.05, 3.63) is 35.9 Å². The number of carbonyl (C=O) groups is 1. The van der Waals surface area contributed by atoms with Gasteiger partial charge in [0, 0.05) is 26.2 Å². The summed E-state index contributed by atoms with van der Waals surface area (Å²) in [5, 5.41) is 12.1. The molecule has 0 aromatic heterocycles. The number of hydrogen-bond acceptors (Lipinski definition) is 5. The highest BCUT2D eigenvalue weighted by atomic mass is 32.2. The predicted octanol–water partition coefficient (Wildman–Crippen LogP) is 1.06. The molecule has 7 nitrogen and oxygen atoms in total. The van der Waals surface area contributed by atoms with Gasteiger partial charge in [0.2, 0.25) is 10.0 Å². The Labute approximate surface area is 149 Å². The van der Waals surface area contributed by atoms with Crippen molar-refractivity contribution >= 4 is 16.0 Å². The van der Waals surface area contributed by atoms with Crippen LogP contribution in [0.4, 0.5) is 0 Å². The number of piperazine rings is 1. The largest absolute Gasteiger partial charge is 0.480 e. The smallest absolute Gasteiger partial charge is 0.323 e. The van der Waals surface area contributed by atoms with Gasteiger partial charge in [-0.15, -0.1) is 0 Å². The van der Waals surface area contributed by atoms with E-state index in [1.165, 1.54) is 0 Å². The van der Waals surface area contributed by atoms with Gasteiger partial charge in [0.15, 0.2) is 0 Å². The first-order valence-electron chi connectivity index (χ1n) is 8.55. The van der Waals surface area contributed by atoms with Gasteiger partial charge in [-0.05, 0) is 18.4 Å². The van der Waals surface area contributed by atoms with E-state index in [0.29, 0.717) is 26.2 Å². The van der Waals surface area contributed by atoms with Crippen LogP contribution in [-0.4, -0.2) is 61.8 Å². The van der Waals surface area contributed by atoms with Gasteiger partial charge >= 0.3 is 5.97 Å². The summed E-state index contributed by atoms with van der Waals surface area (Å²) in [6.45, 7) is 1.98. The average Bonchev–Trinajstić information content (AvgIpc) is 2.61. The summed E-state index contributed by atoms with van der Waals surface area (Å²) in [6, 6.07) is 8.87. The molecular formula is C17H26N2O5S. The zero-order chi connectivity index (χ0) is 18.1. The molecule has 1 heterocycles. The Bertz CT molecular complexity index is 636. The Kier molecular flexibility index (Phi) is 7.83. The summed E-state index contributed by atoms with van der Waals surface area (Å²) < 4.78 is 31.4. The molecule has 0 amide bonds. The number of unbranched alkanes of at least 4 members (excludes halogenated alkanes) is 2. The number of rotatable bonds is 10. The maximum Gasteiger partial charge on any atom is 0.323 e. The molecule has 1 unspecified atom stereocenters. The molecule has 1 aromatic rings. The van der Waals surface area contributed by atoms with Crippen molar-refractivity contribution in [2.75, 3.05) is 32.0 Å². The molecule has 0 spiro atoms. The van der Waals surface area contributed by atoms with Gasteiger partial charge in [-0.2, -0.15) is 4.31 Å². The summed E-state index contributed by atoms with van der Waals surface area (Å²) in [7, 11) is -3.54. The molecule has 1 atom stereocenters. The Hall–Kier alpha value is -1.48. The topological polar surface area (TPSA) is 95.9 Å². The minimum atomic E-state index is -3.54. The molecule has 1 aromatic carbocycles. The van der Waals surface area contributed by atoms with Crippen LogP contribution in [0.3, 0.4) is 0 Å². The zero-order valence-corrected chi connectivity index (χ0v) is 15.1. The minimum Gasteiger partial charge on any atom is -0.480 e. The number of carboxylic acid groups (broad SMARTS) is 1. The van der Waals surface area contributed by atoms with Crippen molar-refractivity contribution in [3.8, 4) is 0 Å². The molecule has 0 aliphatic carbocycles. The standard InChI is InChI=1S/C17H26N2O5S/c20-17(21)16-13-18-9-10-19(16)25(22,23)12-6-2-5-11-24-14-15-7-3-1-4-8-15/h1,3-4,7-8,16,18H,2,5-6,9-14H2,(H,20,21). The molecule has 2 rings (SSSR count). The van der Waals surface area contributed by atoms with Crippen molar-refractivity contribution in [2.24, 2.45) is 0 Å². The van der Waals surface area contributed by atoms with Crippen LogP contribution in [0.25, 0.3) is 0 Å². The van der Waals surface area contributed by atoms with Crippen molar-refractivity contribution in [2.45, 2.75) is 31.9 Å². The molecule has 8 heteroatoms. The lowest BCUT2D eigenvalue weighted by atomic mass is 10.2. The van der Waals surface area contributed by atoms with Crippen LogP contribution in [0.2, 0.25) is 0 Å². The lowest BCUT2D eigenvalue weighted by Crippen LogP contribution is -2.57. The quantitative estimate of drug-likeness (QED) is 0.598. The Morgan fingerprint density at radius 1 is 1.24 bits per heavy atom. The molecule has 1 aliphatic heterocycles. The molecule has 1 saturated heterocycles. The molecule has 1 fully saturated rings. The SMILES string of the molecule is O=C(O)C1CNCCN1S(=O)(=O)CCCCCOCc1ccccc1. The van der Waals surface area contributed by atoms with Crippen LogP contribution in [0.1, 0.15) is 24.8 Å². The van der Waals surface area contributed by atoms with E-state index in [-0.39, 0.29) is 18.8 Å². The first-order chi connectivity index (χ1) is 12.0. The Morgan fingerprint density at radius 2 is 2.00 bits per heavy atom. The van der Waals surface area contributed by atoms with E-state index in [1.54, 1.807) is 0 Å². The highest BCUT2D eigenvalue weighted by molar-refractivity contribution is 7.89. The molecule has 0 radical (unpaired) electrons. The van der Waals surface area contributed by atoms with Crippen LogP contribution in [-0.2, 0) is 26.2 Å². The monoisotopic (exact) mass is 370 g/mol. The average molecular weight is 370 g/mol. The van der Waals surface area contributed by atoms with E-state index < -0.39 is 22.0 Å². The van der Waals surface area contributed by atoms with E-state index in [9.17, 15) is 18.3 Å². The molecule has 0 bridgehead atoms. The number of ether oxygens (including phenoxy) is 1. The fourth-order valence-corrected chi connectivity index (χ4v) is 4.50. The van der Waals surface area contributed by atoms with E-state index in [0.717, 1.165) is 22.7 Å². The summed E-state index contributed by atoms with van der Waals surface area (Å²) in [6.07, 6.45) is 2.03. The van der Waals surface area contributed by atoms with Crippen LogP contribution in [0.5, 0.6) is 0 Å². The number of nitrogens with zero attached hydrogens (tertiary/aromatic N) is 1. The van der Waals surface area contributed by atoms with Gasteiger partial charge in [0.05, 0.1) is 12.4 Å². The second kappa shape index (κ2) is 9.86. The van der Waals surface area contributed by atoms with Gasteiger partial charge in [0.25, 0.3) is 0 Å². The normalized spacial score (nSPS) is 19.0. The van der Waals surface area contributed by atoms with E-state index in [2.05, 4.69) is 5.32 Å². The third kappa shape index (κ3) is 6.39. The zero-order valence-electron chi connectivity index (χ0n) is 14.3. The molecule has 140 valence electrons. The maximum absolute atomic E-state index is 12.4. The third-order valence-electron chi connectivity index (χ3n) is 4.14. The van der Waals surface area contributed by atoms with Crippen LogP contribution >= 0.6 is 0 Å². The van der Waals surface area contributed by atoms with E-state index in [4.69, 9.17) is 4.74 Å². The fraction of sp³-hybridized carbons (Fsp3) is 0.588. The summed E-state index contributed by atoms with van der Waals surface area (Å²) in [4.78, 5) is 11.2. The Balaban J connectivity index is 1.65. The number of benzene rings is 1. The van der Waals surface area contributed by atoms with Gasteiger partial charge in [-0.1, -0.05) is 36.8 Å². The summed E-state index contributed by atoms with van der Waals surface area (Å²) in [5.74, 6) is -1.12. The Morgan fingerprint density at radius 3 is 2.72 bits per heavy atom. The first kappa shape index (κ1) is 19.8. The molecule has 1 aliphatic rings. The first-order valence-corrected chi connectivity index (χ1v) is 10.2. The fourth-order valence-electron chi connectivity index (χ4n) is 2.78. The molecule has 25 heavy (non-hydrogen) atoms. The predicted molar refractivity (Wildman–Crippen MR) is 94.7 cm³/mol. The lowest BCUT2D eigenvalue weighted by Gasteiger charge is -2.32. The van der Waals surface area contributed by atoms with Crippen molar-refractivity contribution < 1.29 is 23.1 Å². The molecule has 0 saturated carbocycles. The summed E-state index contributed by atoms with van der Waals surface area (Å²) in [5.41, 5.74) is 1.11. The number of sulfonamides is 1. The second-order valence-electron chi connectivity index (χ2n) is 6.08. The molecular weight excluding hydrogens is 344 g/mol. The van der Waals surface area contributed by atoms with Gasteiger partial charge in [-0.3, -0.25) is 4.79 Å². The van der Waals surface area contributed by atoms with Gasteiger partial charge in [-0.25, -0.2) is 8.42 Å². The van der Waals surface area contributed by atoms with E-state index >= 15 is 0 Å². The second-order valence-corrected chi connectivity index (χ2v) is 8.12. The number of aliphatic carboxylic acids is 1. The van der Waals surface area contributed by atoms with Crippen molar-refractivity contribution in [3.63, 3.8) is 0 Å². The molecule has 2 N–H and O–H groups in total. The van der Waals surface area contributed by atoms with Crippen LogP contribution in [0, 0.1) is 0 Å². The third-order valence-corrected chi connectivity index (χ3v) is 6.10. The number of nitrogens with one attached hydrogen (secondary N) is 1. The minimum absolute atomic E-state index is 0.0184. The highest BCUT2D eigenvalue weighted by Crippen LogP contribution is 2.13. The number of hydrogen-bond donors (Lipinski definition) is 2. The highest BCUT2D eigenvalue weighted by Gasteiger charge is 2.36. The van der Waals surface area contributed by atoms with E-state index in [1.807, 2.05) is 30.3 Å². The van der Waals surface area contributed by atoms with Crippen LogP contribution in [0.15, 0.2) is 30.3 Å². The maximum atomic E-state index is 12.4. The summed E-state index contributed by atoms with van der Waals surface area (Å²) >= 11 is 0.